The van der Waals surface area contributed by atoms with Gasteiger partial charge >= 0.3 is 0 Å². The molecule has 2 amide bonds. The van der Waals surface area contributed by atoms with E-state index in [1.165, 1.54) is 0 Å². The van der Waals surface area contributed by atoms with Crippen molar-refractivity contribution >= 4 is 29.0 Å². The Labute approximate surface area is 293 Å². The lowest BCUT2D eigenvalue weighted by Crippen LogP contribution is -2.55. The first-order valence-corrected chi connectivity index (χ1v) is 17.4. The van der Waals surface area contributed by atoms with Crippen LogP contribution < -0.4 is 25.6 Å². The third-order valence-electron chi connectivity index (χ3n) is 10.6. The predicted octanol–water partition coefficient (Wildman–Crippen LogP) is 3.71. The molecular formula is C36H39F2N9O4. The van der Waals surface area contributed by atoms with E-state index in [0.29, 0.717) is 66.5 Å². The summed E-state index contributed by atoms with van der Waals surface area (Å²) in [6.45, 7) is 2.28. The minimum Gasteiger partial charge on any atom is -0.507 e. The number of nitrogens with one attached hydrogen (secondary N) is 1. The molecule has 4 aromatic rings. The molecule has 0 radical (unpaired) electrons. The second-order valence-electron chi connectivity index (χ2n) is 13.7. The quantitative estimate of drug-likeness (QED) is 0.252. The Morgan fingerprint density at radius 1 is 0.961 bits per heavy atom. The van der Waals surface area contributed by atoms with E-state index in [2.05, 4.69) is 25.5 Å². The van der Waals surface area contributed by atoms with Gasteiger partial charge in [0, 0.05) is 36.7 Å². The molecule has 0 bridgehead atoms. The second-order valence-corrected chi connectivity index (χ2v) is 13.7. The lowest BCUT2D eigenvalue weighted by atomic mass is 9.83. The van der Waals surface area contributed by atoms with Crippen LogP contribution in [-0.4, -0.2) is 99.1 Å². The number of para-hydroxylation sites is 2. The Morgan fingerprint density at radius 2 is 1.78 bits per heavy atom. The number of fused-ring (bicyclic) bond motifs is 1. The number of amides is 2. The molecule has 15 heteroatoms. The summed E-state index contributed by atoms with van der Waals surface area (Å²) < 4.78 is 39.9. The Kier molecular flexibility index (Phi) is 8.44. The van der Waals surface area contributed by atoms with Gasteiger partial charge in [0.1, 0.15) is 29.8 Å². The first-order chi connectivity index (χ1) is 24.7. The Bertz CT molecular complexity index is 1960. The molecule has 8 rings (SSSR count). The zero-order chi connectivity index (χ0) is 35.3. The molecule has 13 nitrogen and oxygen atoms in total. The third kappa shape index (κ3) is 6.19. The number of rotatable bonds is 6. The number of nitrogens with zero attached hydrogens (tertiary/aromatic N) is 7. The highest BCUT2D eigenvalue weighted by molar-refractivity contribution is 6.02. The van der Waals surface area contributed by atoms with Gasteiger partial charge in [-0.2, -0.15) is 5.10 Å². The highest BCUT2D eigenvalue weighted by Crippen LogP contribution is 2.48. The van der Waals surface area contributed by atoms with Crippen molar-refractivity contribution in [1.82, 2.24) is 30.2 Å². The predicted molar refractivity (Wildman–Crippen MR) is 185 cm³/mol. The molecule has 3 saturated heterocycles. The average molecular weight is 700 g/mol. The standard InChI is InChI=1S/C36H39F2N9O4/c37-36(38)21-45(15-12-26(36)24-5-3-6-28-33(24)51-17-16-46(28)29-8-9-32(49)41-35(29)50)22-10-13-44(14-11-22)23-19-40-47(20-23)30-18-27(42-43-34(30)39)25-4-1-2-7-31(25)48/h1-7,18-20,22,26,29,48H,8-17,21H2,(H2,39,43)(H,41,49,50)/t26-,29-/m1/s1. The van der Waals surface area contributed by atoms with Gasteiger partial charge < -0.3 is 25.4 Å². The summed E-state index contributed by atoms with van der Waals surface area (Å²) in [5, 5.41) is 25.4. The number of piperidine rings is 3. The van der Waals surface area contributed by atoms with Crippen LogP contribution in [-0.2, 0) is 9.59 Å². The summed E-state index contributed by atoms with van der Waals surface area (Å²) in [6.07, 6.45) is 5.98. The largest absolute Gasteiger partial charge is 0.507 e. The Hall–Kier alpha value is -5.31. The van der Waals surface area contributed by atoms with E-state index in [0.717, 1.165) is 18.5 Å². The smallest absolute Gasteiger partial charge is 0.267 e. The van der Waals surface area contributed by atoms with Crippen LogP contribution in [0.2, 0.25) is 0 Å². The number of likely N-dealkylation sites (tertiary alicyclic amines) is 1. The zero-order valence-corrected chi connectivity index (χ0v) is 27.9. The number of hydrogen-bond acceptors (Lipinski definition) is 11. The normalized spacial score (nSPS) is 22.7. The number of hydrogen-bond donors (Lipinski definition) is 3. The summed E-state index contributed by atoms with van der Waals surface area (Å²) in [5.41, 5.74) is 9.67. The van der Waals surface area contributed by atoms with E-state index in [9.17, 15) is 14.7 Å². The van der Waals surface area contributed by atoms with Crippen molar-refractivity contribution in [2.75, 3.05) is 54.9 Å². The number of halogens is 2. The van der Waals surface area contributed by atoms with Crippen LogP contribution in [0.3, 0.4) is 0 Å². The van der Waals surface area contributed by atoms with E-state index < -0.39 is 17.9 Å². The minimum atomic E-state index is -2.99. The van der Waals surface area contributed by atoms with Crippen LogP contribution >= 0.6 is 0 Å². The number of aromatic hydroxyl groups is 1. The van der Waals surface area contributed by atoms with Gasteiger partial charge in [0.15, 0.2) is 5.82 Å². The summed E-state index contributed by atoms with van der Waals surface area (Å²) in [7, 11) is 0. The molecule has 4 N–H and O–H groups in total. The van der Waals surface area contributed by atoms with E-state index >= 15 is 8.78 Å². The van der Waals surface area contributed by atoms with Crippen molar-refractivity contribution in [3.05, 3.63) is 66.5 Å². The summed E-state index contributed by atoms with van der Waals surface area (Å²) >= 11 is 0. The van der Waals surface area contributed by atoms with Gasteiger partial charge in [-0.15, -0.1) is 10.2 Å². The molecule has 2 atom stereocenters. The maximum atomic E-state index is 16.1. The number of carbonyl (C=O) groups is 2. The minimum absolute atomic E-state index is 0.0215. The van der Waals surface area contributed by atoms with E-state index in [1.54, 1.807) is 53.3 Å². The van der Waals surface area contributed by atoms with Gasteiger partial charge in [0.25, 0.3) is 5.92 Å². The van der Waals surface area contributed by atoms with Gasteiger partial charge in [0.2, 0.25) is 11.8 Å². The number of anilines is 3. The molecule has 0 aliphatic carbocycles. The van der Waals surface area contributed by atoms with Gasteiger partial charge in [0.05, 0.1) is 48.5 Å². The van der Waals surface area contributed by atoms with Gasteiger partial charge in [-0.3, -0.25) is 19.8 Å². The van der Waals surface area contributed by atoms with Crippen molar-refractivity contribution in [2.24, 2.45) is 0 Å². The number of alkyl halides is 2. The van der Waals surface area contributed by atoms with Crippen LogP contribution in [0.1, 0.15) is 43.6 Å². The van der Waals surface area contributed by atoms with Crippen molar-refractivity contribution in [2.45, 2.75) is 56.0 Å². The maximum absolute atomic E-state index is 16.1. The van der Waals surface area contributed by atoms with Crippen LogP contribution in [0.15, 0.2) is 60.9 Å². The SMILES string of the molecule is Nc1nnc(-c2ccccc2O)cc1-n1cc(N2CCC(N3CC[C@H](c4cccc5c4OCCN5[C@@H]4CCC(=O)NC4=O)C(F)(F)C3)CC2)cn1. The molecule has 4 aliphatic heterocycles. The van der Waals surface area contributed by atoms with Crippen LogP contribution in [0.25, 0.3) is 16.9 Å². The molecule has 266 valence electrons. The number of nitrogen functional groups attached to an aromatic ring is 1. The van der Waals surface area contributed by atoms with Crippen LogP contribution in [0, 0.1) is 0 Å². The summed E-state index contributed by atoms with van der Waals surface area (Å²) in [4.78, 5) is 30.4. The molecule has 4 aliphatic rings. The number of carbonyl (C=O) groups excluding carboxylic acids is 2. The van der Waals surface area contributed by atoms with Crippen molar-refractivity contribution in [3.8, 4) is 28.4 Å². The molecule has 0 unspecified atom stereocenters. The second kappa shape index (κ2) is 13.1. The first kappa shape index (κ1) is 32.9. The molecule has 51 heavy (non-hydrogen) atoms. The molecule has 2 aromatic heterocycles. The van der Waals surface area contributed by atoms with Crippen molar-refractivity contribution in [3.63, 3.8) is 0 Å². The number of phenolic OH excluding ortho intramolecular Hbond substituents is 1. The lowest BCUT2D eigenvalue weighted by Gasteiger charge is -2.45. The lowest BCUT2D eigenvalue weighted by molar-refractivity contribution is -0.134. The zero-order valence-electron chi connectivity index (χ0n) is 27.9. The van der Waals surface area contributed by atoms with Gasteiger partial charge in [-0.05, 0) is 56.5 Å². The molecule has 3 fully saturated rings. The number of benzene rings is 2. The molecule has 2 aromatic carbocycles. The molecular weight excluding hydrogens is 660 g/mol. The Morgan fingerprint density at radius 3 is 2.57 bits per heavy atom. The topological polar surface area (TPSA) is 155 Å². The fourth-order valence-electron chi connectivity index (χ4n) is 8.02. The number of imide groups is 1. The third-order valence-corrected chi connectivity index (χ3v) is 10.6. The maximum Gasteiger partial charge on any atom is 0.267 e. The van der Waals surface area contributed by atoms with Crippen LogP contribution in [0.5, 0.6) is 11.5 Å². The highest BCUT2D eigenvalue weighted by Gasteiger charge is 2.49. The van der Waals surface area contributed by atoms with Crippen molar-refractivity contribution < 1.29 is 28.2 Å². The number of nitrogens with two attached hydrogens (primary N) is 1. The summed E-state index contributed by atoms with van der Waals surface area (Å²) in [6, 6.07) is 13.4. The van der Waals surface area contributed by atoms with E-state index in [4.69, 9.17) is 10.5 Å². The number of phenols is 1. The fraction of sp³-hybridized carbons (Fsp3) is 0.417. The first-order valence-electron chi connectivity index (χ1n) is 17.4. The average Bonchev–Trinajstić information content (AvgIpc) is 3.62. The number of aromatic nitrogens is 4. The molecule has 6 heterocycles. The van der Waals surface area contributed by atoms with Crippen molar-refractivity contribution in [1.29, 1.82) is 0 Å². The fourth-order valence-corrected chi connectivity index (χ4v) is 8.02. The monoisotopic (exact) mass is 699 g/mol. The van der Waals surface area contributed by atoms with Gasteiger partial charge in [-0.1, -0.05) is 24.3 Å². The van der Waals surface area contributed by atoms with E-state index in [-0.39, 0.29) is 55.4 Å². The Balaban J connectivity index is 0.921. The highest BCUT2D eigenvalue weighted by atomic mass is 19.3. The molecule has 0 spiro atoms. The molecule has 0 saturated carbocycles. The van der Waals surface area contributed by atoms with Gasteiger partial charge in [-0.25, -0.2) is 13.5 Å². The van der Waals surface area contributed by atoms with Crippen LogP contribution in [0.4, 0.5) is 26.0 Å². The van der Waals surface area contributed by atoms with E-state index in [1.807, 2.05) is 22.1 Å². The number of ether oxygens (including phenoxy) is 1. The summed E-state index contributed by atoms with van der Waals surface area (Å²) in [5.74, 6) is -3.96.